The van der Waals surface area contributed by atoms with Gasteiger partial charge in [0.05, 0.1) is 0 Å². The van der Waals surface area contributed by atoms with Crippen LogP contribution in [-0.4, -0.2) is 30.4 Å². The highest BCUT2D eigenvalue weighted by Gasteiger charge is 2.08. The van der Waals surface area contributed by atoms with Gasteiger partial charge in [-0.1, -0.05) is 44.7 Å². The third kappa shape index (κ3) is 8.74. The highest BCUT2D eigenvalue weighted by atomic mass is 16.5. The third-order valence-electron chi connectivity index (χ3n) is 3.62. The van der Waals surface area contributed by atoms with Gasteiger partial charge in [-0.25, -0.2) is 0 Å². The van der Waals surface area contributed by atoms with Gasteiger partial charge in [0.2, 0.25) is 0 Å². The van der Waals surface area contributed by atoms with Crippen LogP contribution in [0.5, 0.6) is 5.75 Å². The molecular weight excluding hydrogens is 262 g/mol. The first-order valence-corrected chi connectivity index (χ1v) is 8.22. The van der Waals surface area contributed by atoms with E-state index in [4.69, 9.17) is 4.74 Å². The molecule has 120 valence electrons. The Morgan fingerprint density at radius 2 is 2.05 bits per heavy atom. The molecule has 1 aromatic carbocycles. The summed E-state index contributed by atoms with van der Waals surface area (Å²) in [5, 5.41) is 13.3. The van der Waals surface area contributed by atoms with Crippen molar-refractivity contribution in [2.75, 3.05) is 13.2 Å². The van der Waals surface area contributed by atoms with Crippen molar-refractivity contribution in [1.29, 1.82) is 0 Å². The summed E-state index contributed by atoms with van der Waals surface area (Å²) < 4.78 is 5.60. The molecule has 0 fully saturated rings. The first kappa shape index (κ1) is 18.0. The number of benzene rings is 1. The number of hydrogen-bond acceptors (Lipinski definition) is 3. The maximum Gasteiger partial charge on any atom is 0.119 e. The highest BCUT2D eigenvalue weighted by molar-refractivity contribution is 5.27. The molecule has 0 bridgehead atoms. The zero-order chi connectivity index (χ0) is 15.5. The first-order valence-electron chi connectivity index (χ1n) is 8.22. The standard InChI is InChI=1S/C18H31NO2/c1-4-5-6-7-10-16(3)19-13-17(20)14-21-18-11-8-9-15(2)12-18/h8-9,11-12,16-17,19-20H,4-7,10,13-14H2,1-3H3. The molecule has 0 aliphatic heterocycles. The maximum atomic E-state index is 9.95. The van der Waals surface area contributed by atoms with Crippen molar-refractivity contribution < 1.29 is 9.84 Å². The van der Waals surface area contributed by atoms with Gasteiger partial charge < -0.3 is 15.2 Å². The highest BCUT2D eigenvalue weighted by Crippen LogP contribution is 2.12. The van der Waals surface area contributed by atoms with Crippen LogP contribution in [0.1, 0.15) is 51.5 Å². The Bertz CT molecular complexity index is 381. The van der Waals surface area contributed by atoms with E-state index >= 15 is 0 Å². The fourth-order valence-electron chi connectivity index (χ4n) is 2.27. The molecule has 2 N–H and O–H groups in total. The largest absolute Gasteiger partial charge is 0.491 e. The molecule has 1 rings (SSSR count). The fraction of sp³-hybridized carbons (Fsp3) is 0.667. The molecule has 0 amide bonds. The van der Waals surface area contributed by atoms with E-state index in [1.165, 1.54) is 37.7 Å². The molecule has 0 heterocycles. The van der Waals surface area contributed by atoms with E-state index in [1.54, 1.807) is 0 Å². The summed E-state index contributed by atoms with van der Waals surface area (Å²) in [7, 11) is 0. The predicted molar refractivity (Wildman–Crippen MR) is 88.9 cm³/mol. The Kier molecular flexibility index (Phi) is 9.11. The number of ether oxygens (including phenoxy) is 1. The SMILES string of the molecule is CCCCCCC(C)NCC(O)COc1cccc(C)c1. The van der Waals surface area contributed by atoms with Crippen LogP contribution in [-0.2, 0) is 0 Å². The van der Waals surface area contributed by atoms with Crippen LogP contribution in [0.3, 0.4) is 0 Å². The summed E-state index contributed by atoms with van der Waals surface area (Å²) in [4.78, 5) is 0. The van der Waals surface area contributed by atoms with E-state index < -0.39 is 6.10 Å². The molecule has 3 nitrogen and oxygen atoms in total. The van der Waals surface area contributed by atoms with Gasteiger partial charge in [0.25, 0.3) is 0 Å². The molecule has 0 aliphatic carbocycles. The van der Waals surface area contributed by atoms with Crippen molar-refractivity contribution in [2.45, 2.75) is 65.0 Å². The van der Waals surface area contributed by atoms with Gasteiger partial charge in [0, 0.05) is 12.6 Å². The topological polar surface area (TPSA) is 41.5 Å². The summed E-state index contributed by atoms with van der Waals surface area (Å²) in [6.45, 7) is 7.36. The van der Waals surface area contributed by atoms with Crippen LogP contribution < -0.4 is 10.1 Å². The monoisotopic (exact) mass is 293 g/mol. The van der Waals surface area contributed by atoms with Crippen molar-refractivity contribution in [1.82, 2.24) is 5.32 Å². The summed E-state index contributed by atoms with van der Waals surface area (Å²) in [6, 6.07) is 8.36. The second kappa shape index (κ2) is 10.6. The molecule has 0 aliphatic rings. The molecule has 21 heavy (non-hydrogen) atoms. The van der Waals surface area contributed by atoms with Crippen molar-refractivity contribution in [3.05, 3.63) is 29.8 Å². The zero-order valence-electron chi connectivity index (χ0n) is 13.8. The average molecular weight is 293 g/mol. The quantitative estimate of drug-likeness (QED) is 0.612. The fourth-order valence-corrected chi connectivity index (χ4v) is 2.27. The minimum Gasteiger partial charge on any atom is -0.491 e. The van der Waals surface area contributed by atoms with Gasteiger partial charge in [-0.3, -0.25) is 0 Å². The third-order valence-corrected chi connectivity index (χ3v) is 3.62. The lowest BCUT2D eigenvalue weighted by Crippen LogP contribution is -2.36. The van der Waals surface area contributed by atoms with Crippen LogP contribution in [0.15, 0.2) is 24.3 Å². The normalized spacial score (nSPS) is 13.9. The van der Waals surface area contributed by atoms with E-state index in [9.17, 15) is 5.11 Å². The Morgan fingerprint density at radius 1 is 1.24 bits per heavy atom. The van der Waals surface area contributed by atoms with Crippen molar-refractivity contribution in [2.24, 2.45) is 0 Å². The van der Waals surface area contributed by atoms with E-state index in [2.05, 4.69) is 19.2 Å². The second-order valence-electron chi connectivity index (χ2n) is 5.94. The molecule has 2 atom stereocenters. The van der Waals surface area contributed by atoms with E-state index in [1.807, 2.05) is 31.2 Å². The maximum absolute atomic E-state index is 9.95. The number of rotatable bonds is 11. The summed E-state index contributed by atoms with van der Waals surface area (Å²) in [6.07, 6.45) is 5.87. The van der Waals surface area contributed by atoms with E-state index in [0.29, 0.717) is 19.2 Å². The van der Waals surface area contributed by atoms with Crippen LogP contribution in [0.25, 0.3) is 0 Å². The van der Waals surface area contributed by atoms with Crippen molar-refractivity contribution in [3.63, 3.8) is 0 Å². The van der Waals surface area contributed by atoms with Crippen molar-refractivity contribution >= 4 is 0 Å². The van der Waals surface area contributed by atoms with Crippen LogP contribution in [0.4, 0.5) is 0 Å². The molecule has 2 unspecified atom stereocenters. The molecule has 0 aromatic heterocycles. The minimum atomic E-state index is -0.469. The van der Waals surface area contributed by atoms with Gasteiger partial charge in [-0.2, -0.15) is 0 Å². The molecular formula is C18H31NO2. The Balaban J connectivity index is 2.11. The van der Waals surface area contributed by atoms with Gasteiger partial charge in [-0.05, 0) is 38.0 Å². The Hall–Kier alpha value is -1.06. The second-order valence-corrected chi connectivity index (χ2v) is 5.94. The van der Waals surface area contributed by atoms with Crippen LogP contribution in [0.2, 0.25) is 0 Å². The number of aliphatic hydroxyl groups excluding tert-OH is 1. The van der Waals surface area contributed by atoms with E-state index in [0.717, 1.165) is 5.75 Å². The molecule has 0 radical (unpaired) electrons. The summed E-state index contributed by atoms with van der Waals surface area (Å²) >= 11 is 0. The summed E-state index contributed by atoms with van der Waals surface area (Å²) in [5.74, 6) is 0.821. The lowest BCUT2D eigenvalue weighted by atomic mass is 10.1. The smallest absolute Gasteiger partial charge is 0.119 e. The molecule has 0 saturated carbocycles. The zero-order valence-corrected chi connectivity index (χ0v) is 13.8. The Morgan fingerprint density at radius 3 is 2.76 bits per heavy atom. The molecule has 3 heteroatoms. The van der Waals surface area contributed by atoms with Crippen molar-refractivity contribution in [3.8, 4) is 5.75 Å². The Labute approximate surface area is 129 Å². The first-order chi connectivity index (χ1) is 10.1. The summed E-state index contributed by atoms with van der Waals surface area (Å²) in [5.41, 5.74) is 1.17. The molecule has 0 spiro atoms. The van der Waals surface area contributed by atoms with Gasteiger partial charge in [-0.15, -0.1) is 0 Å². The van der Waals surface area contributed by atoms with Gasteiger partial charge >= 0.3 is 0 Å². The van der Waals surface area contributed by atoms with Crippen LogP contribution in [0, 0.1) is 6.92 Å². The number of nitrogens with one attached hydrogen (secondary N) is 1. The lowest BCUT2D eigenvalue weighted by molar-refractivity contribution is 0.103. The number of aliphatic hydroxyl groups is 1. The minimum absolute atomic E-state index is 0.332. The van der Waals surface area contributed by atoms with Gasteiger partial charge in [0.15, 0.2) is 0 Å². The van der Waals surface area contributed by atoms with Crippen LogP contribution >= 0.6 is 0 Å². The number of unbranched alkanes of at least 4 members (excludes halogenated alkanes) is 3. The lowest BCUT2D eigenvalue weighted by Gasteiger charge is -2.17. The molecule has 1 aromatic rings. The molecule has 0 saturated heterocycles. The number of aryl methyl sites for hydroxylation is 1. The van der Waals surface area contributed by atoms with E-state index in [-0.39, 0.29) is 0 Å². The number of hydrogen-bond donors (Lipinski definition) is 2. The van der Waals surface area contributed by atoms with Gasteiger partial charge in [0.1, 0.15) is 18.5 Å². The predicted octanol–water partition coefficient (Wildman–Crippen LogP) is 3.68. The average Bonchev–Trinajstić information content (AvgIpc) is 2.47.